The van der Waals surface area contributed by atoms with Crippen LogP contribution in [0.15, 0.2) is 48.7 Å². The van der Waals surface area contributed by atoms with Gasteiger partial charge >= 0.3 is 0 Å². The second kappa shape index (κ2) is 7.55. The van der Waals surface area contributed by atoms with E-state index in [1.807, 2.05) is 36.0 Å². The van der Waals surface area contributed by atoms with Gasteiger partial charge in [0.25, 0.3) is 0 Å². The fraction of sp³-hybridized carbons (Fsp3) is 0.389. The fourth-order valence-electron chi connectivity index (χ4n) is 1.88. The number of allylic oxidation sites excluding steroid dienone is 1. The Kier molecular flexibility index (Phi) is 5.72. The highest BCUT2D eigenvalue weighted by Crippen LogP contribution is 2.29. The molecule has 2 rings (SSSR count). The molecule has 1 unspecified atom stereocenters. The molecule has 0 aliphatic carbocycles. The number of rotatable bonds is 6. The van der Waals surface area contributed by atoms with Gasteiger partial charge in [0.1, 0.15) is 11.5 Å². The second-order valence-corrected chi connectivity index (χ2v) is 6.72. The molecule has 23 heavy (non-hydrogen) atoms. The predicted octanol–water partition coefficient (Wildman–Crippen LogP) is 5.21. The van der Waals surface area contributed by atoms with Crippen LogP contribution in [-0.2, 0) is 4.74 Å². The van der Waals surface area contributed by atoms with E-state index in [0.29, 0.717) is 5.02 Å². The minimum Gasteiger partial charge on any atom is -0.457 e. The molecule has 5 heteroatoms. The number of nitrogens with zero attached hydrogens (tertiary/aromatic N) is 2. The van der Waals surface area contributed by atoms with Gasteiger partial charge in [-0.3, -0.25) is 0 Å². The number of ether oxygens (including phenoxy) is 2. The maximum atomic E-state index is 6.13. The van der Waals surface area contributed by atoms with Gasteiger partial charge in [-0.15, -0.1) is 0 Å². The molecule has 0 bridgehead atoms. The maximum Gasteiger partial charge on any atom is 0.240 e. The van der Waals surface area contributed by atoms with Gasteiger partial charge in [-0.05, 0) is 24.3 Å². The van der Waals surface area contributed by atoms with E-state index >= 15 is 0 Å². The molecule has 1 aromatic heterocycles. The van der Waals surface area contributed by atoms with E-state index in [2.05, 4.69) is 25.8 Å². The summed E-state index contributed by atoms with van der Waals surface area (Å²) in [4.78, 5) is 4.05. The molecular formula is C18H23ClN2O2. The lowest BCUT2D eigenvalue weighted by Crippen LogP contribution is -2.24. The van der Waals surface area contributed by atoms with Crippen LogP contribution in [-0.4, -0.2) is 15.8 Å². The zero-order valence-corrected chi connectivity index (χ0v) is 14.7. The summed E-state index contributed by atoms with van der Waals surface area (Å²) in [6.07, 6.45) is 7.62. The Bertz CT molecular complexity index is 628. The van der Waals surface area contributed by atoms with Crippen LogP contribution in [0.2, 0.25) is 5.02 Å². The Hall–Kier alpha value is -1.94. The van der Waals surface area contributed by atoms with Gasteiger partial charge in [0, 0.05) is 35.5 Å². The first-order valence-electron chi connectivity index (χ1n) is 7.67. The quantitative estimate of drug-likeness (QED) is 0.537. The van der Waals surface area contributed by atoms with E-state index in [0.717, 1.165) is 17.9 Å². The average Bonchev–Trinajstić information content (AvgIpc) is 3.00. The number of aromatic nitrogens is 2. The highest BCUT2D eigenvalue weighted by atomic mass is 35.5. The normalized spacial score (nSPS) is 13.7. The molecule has 0 fully saturated rings. The van der Waals surface area contributed by atoms with Gasteiger partial charge in [0.05, 0.1) is 6.33 Å². The minimum absolute atomic E-state index is 0.152. The third-order valence-electron chi connectivity index (χ3n) is 3.20. The molecule has 0 spiro atoms. The van der Waals surface area contributed by atoms with Gasteiger partial charge in [0.2, 0.25) is 6.29 Å². The average molecular weight is 335 g/mol. The second-order valence-electron chi connectivity index (χ2n) is 6.28. The third-order valence-corrected chi connectivity index (χ3v) is 3.46. The number of hydrogen-bond donors (Lipinski definition) is 0. The molecule has 1 heterocycles. The molecule has 124 valence electrons. The van der Waals surface area contributed by atoms with Crippen molar-refractivity contribution in [3.05, 3.63) is 53.8 Å². The van der Waals surface area contributed by atoms with E-state index in [4.69, 9.17) is 21.1 Å². The molecule has 0 aliphatic rings. The van der Waals surface area contributed by atoms with Crippen LogP contribution in [0, 0.1) is 5.41 Å². The lowest BCUT2D eigenvalue weighted by atomic mass is 9.94. The van der Waals surface area contributed by atoms with Crippen LogP contribution < -0.4 is 4.74 Å². The van der Waals surface area contributed by atoms with Gasteiger partial charge < -0.3 is 14.0 Å². The first-order valence-corrected chi connectivity index (χ1v) is 8.05. The zero-order valence-electron chi connectivity index (χ0n) is 14.0. The van der Waals surface area contributed by atoms with E-state index in [9.17, 15) is 0 Å². The highest BCUT2D eigenvalue weighted by Gasteiger charge is 2.23. The summed E-state index contributed by atoms with van der Waals surface area (Å²) in [6.45, 7) is 8.33. The molecule has 0 amide bonds. The lowest BCUT2D eigenvalue weighted by Gasteiger charge is -2.28. The smallest absolute Gasteiger partial charge is 0.240 e. The van der Waals surface area contributed by atoms with Crippen LogP contribution in [0.5, 0.6) is 5.75 Å². The Morgan fingerprint density at radius 2 is 2.00 bits per heavy atom. The molecule has 1 atom stereocenters. The largest absolute Gasteiger partial charge is 0.457 e. The van der Waals surface area contributed by atoms with Crippen molar-refractivity contribution < 1.29 is 9.47 Å². The topological polar surface area (TPSA) is 36.3 Å². The number of hydrogen-bond acceptors (Lipinski definition) is 3. The van der Waals surface area contributed by atoms with Gasteiger partial charge in [-0.25, -0.2) is 4.98 Å². The maximum absolute atomic E-state index is 6.13. The SMILES string of the molecule is CCC(OC(=Cn1ccnc1)C(C)(C)C)Oc1ccc(Cl)cc1. The van der Waals surface area contributed by atoms with Crippen LogP contribution >= 0.6 is 11.6 Å². The molecular weight excluding hydrogens is 312 g/mol. The molecule has 4 nitrogen and oxygen atoms in total. The summed E-state index contributed by atoms with van der Waals surface area (Å²) >= 11 is 5.90. The predicted molar refractivity (Wildman–Crippen MR) is 93.2 cm³/mol. The molecule has 0 saturated carbocycles. The lowest BCUT2D eigenvalue weighted by molar-refractivity contribution is -0.0610. The molecule has 0 radical (unpaired) electrons. The van der Waals surface area contributed by atoms with Crippen molar-refractivity contribution in [1.29, 1.82) is 0 Å². The zero-order chi connectivity index (χ0) is 16.9. The number of imidazole rings is 1. The Morgan fingerprint density at radius 1 is 1.30 bits per heavy atom. The summed E-state index contributed by atoms with van der Waals surface area (Å²) in [5, 5.41) is 0.682. The highest BCUT2D eigenvalue weighted by molar-refractivity contribution is 6.30. The van der Waals surface area contributed by atoms with Gasteiger partial charge in [-0.1, -0.05) is 39.3 Å². The molecule has 2 aromatic rings. The van der Waals surface area contributed by atoms with Crippen LogP contribution in [0.4, 0.5) is 0 Å². The molecule has 0 N–H and O–H groups in total. The van der Waals surface area contributed by atoms with E-state index in [-0.39, 0.29) is 11.7 Å². The van der Waals surface area contributed by atoms with E-state index in [1.165, 1.54) is 0 Å². The van der Waals surface area contributed by atoms with Gasteiger partial charge in [-0.2, -0.15) is 0 Å². The summed E-state index contributed by atoms with van der Waals surface area (Å²) < 4.78 is 13.9. The summed E-state index contributed by atoms with van der Waals surface area (Å²) in [5.41, 5.74) is -0.152. The van der Waals surface area contributed by atoms with Crippen molar-refractivity contribution in [2.75, 3.05) is 0 Å². The van der Waals surface area contributed by atoms with Gasteiger partial charge in [0.15, 0.2) is 0 Å². The first-order chi connectivity index (χ1) is 10.9. The first kappa shape index (κ1) is 17.4. The summed E-state index contributed by atoms with van der Waals surface area (Å²) in [7, 11) is 0. The number of benzene rings is 1. The summed E-state index contributed by atoms with van der Waals surface area (Å²) in [6, 6.07) is 7.28. The number of halogens is 1. The van der Waals surface area contributed by atoms with Crippen LogP contribution in [0.3, 0.4) is 0 Å². The van der Waals surface area contributed by atoms with Crippen LogP contribution in [0.25, 0.3) is 6.20 Å². The molecule has 0 saturated heterocycles. The fourth-order valence-corrected chi connectivity index (χ4v) is 2.01. The Labute approximate surface area is 142 Å². The van der Waals surface area contributed by atoms with Crippen molar-refractivity contribution in [2.24, 2.45) is 5.41 Å². The monoisotopic (exact) mass is 334 g/mol. The Balaban J connectivity index is 2.14. The van der Waals surface area contributed by atoms with Crippen molar-refractivity contribution in [2.45, 2.75) is 40.4 Å². The summed E-state index contributed by atoms with van der Waals surface area (Å²) in [5.74, 6) is 1.56. The van der Waals surface area contributed by atoms with Crippen molar-refractivity contribution in [1.82, 2.24) is 9.55 Å². The standard InChI is InChI=1S/C18H23ClN2O2/c1-5-17(22-15-8-6-14(19)7-9-15)23-16(18(2,3)4)12-21-11-10-20-13-21/h6-13,17H,5H2,1-4H3. The third kappa shape index (κ3) is 5.32. The minimum atomic E-state index is -0.370. The van der Waals surface area contributed by atoms with Crippen molar-refractivity contribution >= 4 is 17.8 Å². The molecule has 1 aromatic carbocycles. The van der Waals surface area contributed by atoms with E-state index < -0.39 is 0 Å². The van der Waals surface area contributed by atoms with Crippen molar-refractivity contribution in [3.63, 3.8) is 0 Å². The molecule has 0 aliphatic heterocycles. The van der Waals surface area contributed by atoms with E-state index in [1.54, 1.807) is 24.7 Å². The van der Waals surface area contributed by atoms with Crippen molar-refractivity contribution in [3.8, 4) is 5.75 Å². The Morgan fingerprint density at radius 3 is 2.52 bits per heavy atom. The van der Waals surface area contributed by atoms with Crippen LogP contribution in [0.1, 0.15) is 34.1 Å².